The molecule has 0 aromatic rings. The number of likely N-dealkylation sites (N-methyl/N-ethyl adjacent to an activating group) is 1. The van der Waals surface area contributed by atoms with Gasteiger partial charge in [-0.05, 0) is 13.5 Å². The minimum Gasteiger partial charge on any atom is -0.347 e. The van der Waals surface area contributed by atoms with Crippen LogP contribution in [0.25, 0.3) is 0 Å². The number of hydrogen-bond donors (Lipinski definition) is 2. The van der Waals surface area contributed by atoms with Gasteiger partial charge < -0.3 is 14.8 Å². The zero-order valence-electron chi connectivity index (χ0n) is 12.2. The van der Waals surface area contributed by atoms with Crippen LogP contribution < -0.4 is 10.0 Å². The summed E-state index contributed by atoms with van der Waals surface area (Å²) < 4.78 is 39.7. The van der Waals surface area contributed by atoms with E-state index in [0.29, 0.717) is 45.7 Å². The average Bonchev–Trinajstić information content (AvgIpc) is 2.86. The third-order valence-electron chi connectivity index (χ3n) is 3.76. The van der Waals surface area contributed by atoms with Crippen molar-refractivity contribution in [2.24, 2.45) is 0 Å². The Labute approximate surface area is 121 Å². The first kappa shape index (κ1) is 16.1. The van der Waals surface area contributed by atoms with E-state index in [9.17, 15) is 8.42 Å². The molecule has 118 valence electrons. The van der Waals surface area contributed by atoms with Crippen molar-refractivity contribution in [3.8, 4) is 0 Å². The monoisotopic (exact) mass is 307 g/mol. The molecule has 2 aliphatic rings. The average molecular weight is 307 g/mol. The first-order valence-corrected chi connectivity index (χ1v) is 8.67. The van der Waals surface area contributed by atoms with Crippen molar-refractivity contribution >= 4 is 10.2 Å². The molecule has 2 rings (SSSR count). The Balaban J connectivity index is 1.82. The van der Waals surface area contributed by atoms with Gasteiger partial charge in [0, 0.05) is 38.5 Å². The normalized spacial score (nSPS) is 25.1. The number of hydrogen-bond acceptors (Lipinski definition) is 5. The molecular weight excluding hydrogens is 282 g/mol. The summed E-state index contributed by atoms with van der Waals surface area (Å²) in [7, 11) is -3.41. The van der Waals surface area contributed by atoms with E-state index in [1.165, 1.54) is 4.31 Å². The number of nitrogens with one attached hydrogen (secondary N) is 2. The highest BCUT2D eigenvalue weighted by atomic mass is 32.2. The van der Waals surface area contributed by atoms with Gasteiger partial charge in [-0.15, -0.1) is 0 Å². The van der Waals surface area contributed by atoms with Crippen LogP contribution in [-0.2, 0) is 19.7 Å². The molecule has 0 aromatic carbocycles. The van der Waals surface area contributed by atoms with Gasteiger partial charge in [0.2, 0.25) is 0 Å². The van der Waals surface area contributed by atoms with E-state index in [0.717, 1.165) is 6.54 Å². The minimum absolute atomic E-state index is 0.118. The predicted octanol–water partition coefficient (Wildman–Crippen LogP) is -0.342. The maximum Gasteiger partial charge on any atom is 0.279 e. The summed E-state index contributed by atoms with van der Waals surface area (Å²) in [4.78, 5) is 0. The predicted molar refractivity (Wildman–Crippen MR) is 75.5 cm³/mol. The lowest BCUT2D eigenvalue weighted by molar-refractivity contribution is -0.179. The van der Waals surface area contributed by atoms with Crippen LogP contribution in [0.3, 0.4) is 0 Å². The highest BCUT2D eigenvalue weighted by Crippen LogP contribution is 2.31. The van der Waals surface area contributed by atoms with Crippen LogP contribution in [0.15, 0.2) is 0 Å². The molecule has 0 bridgehead atoms. The molecule has 0 saturated carbocycles. The SMILES string of the molecule is CCN[C@H](C)CNS(=O)(=O)N1CCC2(CC1)OCCO2. The molecule has 1 spiro atoms. The van der Waals surface area contributed by atoms with Crippen LogP contribution in [-0.4, -0.2) is 63.9 Å². The van der Waals surface area contributed by atoms with Crippen molar-refractivity contribution in [3.05, 3.63) is 0 Å². The van der Waals surface area contributed by atoms with E-state index < -0.39 is 16.0 Å². The van der Waals surface area contributed by atoms with Crippen molar-refractivity contribution in [2.45, 2.75) is 38.5 Å². The van der Waals surface area contributed by atoms with Crippen molar-refractivity contribution in [3.63, 3.8) is 0 Å². The van der Waals surface area contributed by atoms with E-state index in [2.05, 4.69) is 10.0 Å². The van der Waals surface area contributed by atoms with Crippen molar-refractivity contribution < 1.29 is 17.9 Å². The Morgan fingerprint density at radius 3 is 2.40 bits per heavy atom. The number of piperidine rings is 1. The number of rotatable bonds is 6. The van der Waals surface area contributed by atoms with Crippen LogP contribution in [0.5, 0.6) is 0 Å². The molecular formula is C12H25N3O4S. The molecule has 0 aliphatic carbocycles. The van der Waals surface area contributed by atoms with E-state index in [1.54, 1.807) is 0 Å². The fourth-order valence-electron chi connectivity index (χ4n) is 2.60. The summed E-state index contributed by atoms with van der Waals surface area (Å²) in [5.74, 6) is -0.539. The summed E-state index contributed by atoms with van der Waals surface area (Å²) in [6, 6.07) is 0.118. The van der Waals surface area contributed by atoms with Gasteiger partial charge in [-0.2, -0.15) is 12.7 Å². The lowest BCUT2D eigenvalue weighted by Crippen LogP contribution is -2.52. The van der Waals surface area contributed by atoms with Crippen LogP contribution in [0.4, 0.5) is 0 Å². The largest absolute Gasteiger partial charge is 0.347 e. The highest BCUT2D eigenvalue weighted by Gasteiger charge is 2.42. The lowest BCUT2D eigenvalue weighted by atomic mass is 10.1. The van der Waals surface area contributed by atoms with E-state index in [1.807, 2.05) is 13.8 Å². The maximum absolute atomic E-state index is 12.2. The molecule has 2 heterocycles. The smallest absolute Gasteiger partial charge is 0.279 e. The summed E-state index contributed by atoms with van der Waals surface area (Å²) in [5, 5.41) is 3.18. The van der Waals surface area contributed by atoms with Crippen LogP contribution in [0.1, 0.15) is 26.7 Å². The van der Waals surface area contributed by atoms with Gasteiger partial charge in [0.1, 0.15) is 0 Å². The maximum atomic E-state index is 12.2. The van der Waals surface area contributed by atoms with Crippen LogP contribution >= 0.6 is 0 Å². The second-order valence-corrected chi connectivity index (χ2v) is 7.07. The van der Waals surface area contributed by atoms with Crippen LogP contribution in [0.2, 0.25) is 0 Å². The second kappa shape index (κ2) is 6.67. The quantitative estimate of drug-likeness (QED) is 0.702. The van der Waals surface area contributed by atoms with Gasteiger partial charge in [0.25, 0.3) is 10.2 Å². The molecule has 1 atom stereocenters. The molecule has 2 aliphatic heterocycles. The molecule has 0 radical (unpaired) electrons. The standard InChI is InChI=1S/C12H25N3O4S/c1-3-13-11(2)10-14-20(16,17)15-6-4-12(5-7-15)18-8-9-19-12/h11,13-14H,3-10H2,1-2H3/t11-/m1/s1. The Kier molecular flexibility index (Phi) is 5.38. The molecule has 2 fully saturated rings. The summed E-state index contributed by atoms with van der Waals surface area (Å²) in [6.45, 7) is 7.25. The number of ether oxygens (including phenoxy) is 2. The van der Waals surface area contributed by atoms with Gasteiger partial charge in [-0.25, -0.2) is 4.72 Å². The highest BCUT2D eigenvalue weighted by molar-refractivity contribution is 7.87. The van der Waals surface area contributed by atoms with Crippen molar-refractivity contribution in [1.82, 2.24) is 14.3 Å². The number of nitrogens with zero attached hydrogens (tertiary/aromatic N) is 1. The molecule has 2 saturated heterocycles. The minimum atomic E-state index is -3.41. The van der Waals surface area contributed by atoms with Crippen LogP contribution in [0, 0.1) is 0 Å². The Bertz CT molecular complexity index is 399. The van der Waals surface area contributed by atoms with Crippen molar-refractivity contribution in [2.75, 3.05) is 39.4 Å². The van der Waals surface area contributed by atoms with Crippen molar-refractivity contribution in [1.29, 1.82) is 0 Å². The third kappa shape index (κ3) is 3.90. The fourth-order valence-corrected chi connectivity index (χ4v) is 3.90. The van der Waals surface area contributed by atoms with E-state index >= 15 is 0 Å². The first-order valence-electron chi connectivity index (χ1n) is 7.23. The van der Waals surface area contributed by atoms with Gasteiger partial charge in [-0.3, -0.25) is 0 Å². The van der Waals surface area contributed by atoms with E-state index in [-0.39, 0.29) is 6.04 Å². The summed E-state index contributed by atoms with van der Waals surface area (Å²) in [6.07, 6.45) is 1.19. The third-order valence-corrected chi connectivity index (χ3v) is 5.34. The zero-order valence-corrected chi connectivity index (χ0v) is 13.0. The fraction of sp³-hybridized carbons (Fsp3) is 1.00. The van der Waals surface area contributed by atoms with Gasteiger partial charge in [0.15, 0.2) is 5.79 Å². The Hall–Kier alpha value is -0.250. The zero-order chi connectivity index (χ0) is 14.6. The van der Waals surface area contributed by atoms with Gasteiger partial charge >= 0.3 is 0 Å². The molecule has 20 heavy (non-hydrogen) atoms. The molecule has 0 unspecified atom stereocenters. The molecule has 2 N–H and O–H groups in total. The molecule has 7 nitrogen and oxygen atoms in total. The first-order chi connectivity index (χ1) is 9.47. The Morgan fingerprint density at radius 2 is 1.85 bits per heavy atom. The molecule has 0 aromatic heterocycles. The van der Waals surface area contributed by atoms with Gasteiger partial charge in [0.05, 0.1) is 13.2 Å². The molecule has 8 heteroatoms. The second-order valence-electron chi connectivity index (χ2n) is 5.32. The lowest BCUT2D eigenvalue weighted by Gasteiger charge is -2.36. The Morgan fingerprint density at radius 1 is 1.25 bits per heavy atom. The topological polar surface area (TPSA) is 79.9 Å². The van der Waals surface area contributed by atoms with E-state index in [4.69, 9.17) is 9.47 Å². The summed E-state index contributed by atoms with van der Waals surface area (Å²) >= 11 is 0. The van der Waals surface area contributed by atoms with Gasteiger partial charge in [-0.1, -0.05) is 6.92 Å². The summed E-state index contributed by atoms with van der Waals surface area (Å²) in [5.41, 5.74) is 0. The molecule has 0 amide bonds.